The molecule has 0 fully saturated rings. The quantitative estimate of drug-likeness (QED) is 0.266. The number of amides is 1. The fourth-order valence-electron chi connectivity index (χ4n) is 3.13. The number of rotatable bonds is 9. The van der Waals surface area contributed by atoms with E-state index in [1.807, 2.05) is 0 Å². The third-order valence-electron chi connectivity index (χ3n) is 5.01. The Morgan fingerprint density at radius 2 is 1.61 bits per heavy atom. The van der Waals surface area contributed by atoms with Crippen LogP contribution in [0.4, 0.5) is 18.9 Å². The highest BCUT2D eigenvalue weighted by molar-refractivity contribution is 6.04. The Balaban J connectivity index is 2.04. The molecule has 0 saturated heterocycles. The topological polar surface area (TPSA) is 95.7 Å². The van der Waals surface area contributed by atoms with Crippen molar-refractivity contribution >= 4 is 17.6 Å². The predicted molar refractivity (Wildman–Crippen MR) is 120 cm³/mol. The van der Waals surface area contributed by atoms with E-state index in [9.17, 15) is 22.8 Å². The maximum atomic E-state index is 12.7. The fraction of sp³-hybridized carbons (Fsp3) is 0.250. The summed E-state index contributed by atoms with van der Waals surface area (Å²) in [5, 5.41) is 13.1. The van der Waals surface area contributed by atoms with Gasteiger partial charge in [-0.1, -0.05) is 24.3 Å². The van der Waals surface area contributed by atoms with Crippen molar-refractivity contribution < 1.29 is 27.9 Å². The number of nitrogens with zero attached hydrogens (tertiary/aromatic N) is 1. The first-order valence-corrected chi connectivity index (χ1v) is 10.1. The van der Waals surface area contributed by atoms with Crippen LogP contribution in [-0.2, 0) is 17.5 Å². The highest BCUT2D eigenvalue weighted by Gasteiger charge is 2.30. The number of carboxylic acid groups (broad SMARTS) is 1. The van der Waals surface area contributed by atoms with E-state index in [1.54, 1.807) is 38.1 Å². The number of nitrogens with one attached hydrogen (secondary N) is 1. The first-order valence-electron chi connectivity index (χ1n) is 10.1. The Labute approximate surface area is 190 Å². The van der Waals surface area contributed by atoms with Gasteiger partial charge in [-0.3, -0.25) is 9.59 Å². The van der Waals surface area contributed by atoms with Gasteiger partial charge in [0.2, 0.25) is 0 Å². The molecule has 2 aromatic carbocycles. The molecule has 0 aliphatic heterocycles. The SMILES string of the molecule is C=C(C)/C(CCC(=O)O)=C(/C)N(N)Cc1ccc(NC(=O)c2ccc(C(F)(F)F)cc2)cc1. The standard InChI is InChI=1S/C24H26F3N3O3/c1-15(2)21(12-13-22(31)32)16(3)30(28)14-17-4-10-20(11-5-17)29-23(33)18-6-8-19(9-7-18)24(25,26)27/h4-11H,1,12-14,28H2,2-3H3,(H,29,33)(H,31,32)/b21-16-. The van der Waals surface area contributed by atoms with Gasteiger partial charge in [-0.15, -0.1) is 0 Å². The van der Waals surface area contributed by atoms with Crippen molar-refractivity contribution in [2.24, 2.45) is 5.84 Å². The number of carbonyl (C=O) groups excluding carboxylic acids is 1. The summed E-state index contributed by atoms with van der Waals surface area (Å²) < 4.78 is 38.0. The van der Waals surface area contributed by atoms with Crippen LogP contribution in [-0.4, -0.2) is 22.0 Å². The van der Waals surface area contributed by atoms with Crippen molar-refractivity contribution in [3.63, 3.8) is 0 Å². The molecule has 0 heterocycles. The molecule has 176 valence electrons. The van der Waals surface area contributed by atoms with Crippen LogP contribution in [0.25, 0.3) is 0 Å². The fourth-order valence-corrected chi connectivity index (χ4v) is 3.13. The Hall–Kier alpha value is -3.59. The van der Waals surface area contributed by atoms with Gasteiger partial charge in [0, 0.05) is 23.4 Å². The summed E-state index contributed by atoms with van der Waals surface area (Å²) in [4.78, 5) is 23.2. The number of alkyl halides is 3. The number of nitrogens with two attached hydrogens (primary N) is 1. The van der Waals surface area contributed by atoms with Crippen LogP contribution in [0.15, 0.2) is 72.0 Å². The average molecular weight is 461 g/mol. The molecule has 0 spiro atoms. The second kappa shape index (κ2) is 10.8. The van der Waals surface area contributed by atoms with E-state index in [0.717, 1.165) is 41.0 Å². The number of allylic oxidation sites excluding steroid dienone is 3. The normalized spacial score (nSPS) is 12.1. The van der Waals surface area contributed by atoms with Gasteiger partial charge in [0.1, 0.15) is 0 Å². The molecule has 0 aromatic heterocycles. The van der Waals surface area contributed by atoms with Crippen molar-refractivity contribution in [1.82, 2.24) is 5.01 Å². The lowest BCUT2D eigenvalue weighted by molar-refractivity contribution is -0.138. The highest BCUT2D eigenvalue weighted by Crippen LogP contribution is 2.29. The number of aliphatic carboxylic acids is 1. The summed E-state index contributed by atoms with van der Waals surface area (Å²) in [6.07, 6.45) is -4.17. The number of hydrogen-bond acceptors (Lipinski definition) is 4. The second-order valence-electron chi connectivity index (χ2n) is 7.59. The van der Waals surface area contributed by atoms with Crippen LogP contribution in [0, 0.1) is 0 Å². The zero-order valence-corrected chi connectivity index (χ0v) is 18.4. The molecular formula is C24H26F3N3O3. The predicted octanol–water partition coefficient (Wildman–Crippen LogP) is 5.35. The number of halogens is 3. The first-order chi connectivity index (χ1) is 15.4. The largest absolute Gasteiger partial charge is 0.481 e. The van der Waals surface area contributed by atoms with Gasteiger partial charge in [-0.05, 0) is 67.8 Å². The molecular weight excluding hydrogens is 435 g/mol. The zero-order chi connectivity index (χ0) is 24.8. The van der Waals surface area contributed by atoms with Crippen molar-refractivity contribution in [1.29, 1.82) is 0 Å². The molecule has 6 nitrogen and oxygen atoms in total. The zero-order valence-electron chi connectivity index (χ0n) is 18.4. The van der Waals surface area contributed by atoms with Crippen LogP contribution in [0.2, 0.25) is 0 Å². The maximum Gasteiger partial charge on any atom is 0.416 e. The molecule has 0 bridgehead atoms. The smallest absolute Gasteiger partial charge is 0.416 e. The lowest BCUT2D eigenvalue weighted by Crippen LogP contribution is -2.29. The summed E-state index contributed by atoms with van der Waals surface area (Å²) in [6, 6.07) is 10.8. The summed E-state index contributed by atoms with van der Waals surface area (Å²) in [5.41, 5.74) is 2.83. The summed E-state index contributed by atoms with van der Waals surface area (Å²) in [7, 11) is 0. The Bertz CT molecular complexity index is 1040. The van der Waals surface area contributed by atoms with E-state index in [-0.39, 0.29) is 12.0 Å². The van der Waals surface area contributed by atoms with E-state index in [4.69, 9.17) is 10.9 Å². The molecule has 2 rings (SSSR count). The summed E-state index contributed by atoms with van der Waals surface area (Å²) in [5.74, 6) is 4.74. The molecule has 0 aliphatic carbocycles. The van der Waals surface area contributed by atoms with E-state index in [0.29, 0.717) is 24.4 Å². The third kappa shape index (κ3) is 7.50. The minimum Gasteiger partial charge on any atom is -0.481 e. The number of anilines is 1. The molecule has 0 unspecified atom stereocenters. The number of hydrogen-bond donors (Lipinski definition) is 3. The Morgan fingerprint density at radius 3 is 2.09 bits per heavy atom. The maximum absolute atomic E-state index is 12.7. The molecule has 0 aliphatic rings. The molecule has 1 amide bonds. The molecule has 0 atom stereocenters. The minimum atomic E-state index is -4.46. The van der Waals surface area contributed by atoms with Gasteiger partial charge in [0.15, 0.2) is 0 Å². The van der Waals surface area contributed by atoms with E-state index >= 15 is 0 Å². The van der Waals surface area contributed by atoms with Gasteiger partial charge >= 0.3 is 12.1 Å². The molecule has 0 saturated carbocycles. The Kier molecular flexibility index (Phi) is 8.42. The summed E-state index contributed by atoms with van der Waals surface area (Å²) >= 11 is 0. The minimum absolute atomic E-state index is 0.0271. The van der Waals surface area contributed by atoms with Gasteiger partial charge < -0.3 is 15.4 Å². The third-order valence-corrected chi connectivity index (χ3v) is 5.01. The van der Waals surface area contributed by atoms with Crippen molar-refractivity contribution in [3.05, 3.63) is 88.6 Å². The molecule has 0 radical (unpaired) electrons. The van der Waals surface area contributed by atoms with E-state index in [2.05, 4.69) is 11.9 Å². The van der Waals surface area contributed by atoms with Crippen molar-refractivity contribution in [3.8, 4) is 0 Å². The van der Waals surface area contributed by atoms with Gasteiger partial charge in [0.05, 0.1) is 12.1 Å². The molecule has 4 N–H and O–H groups in total. The number of benzene rings is 2. The molecule has 2 aromatic rings. The monoisotopic (exact) mass is 461 g/mol. The van der Waals surface area contributed by atoms with Gasteiger partial charge in [-0.25, -0.2) is 5.84 Å². The van der Waals surface area contributed by atoms with Crippen LogP contribution < -0.4 is 11.2 Å². The van der Waals surface area contributed by atoms with Gasteiger partial charge in [-0.2, -0.15) is 13.2 Å². The lowest BCUT2D eigenvalue weighted by Gasteiger charge is -2.23. The van der Waals surface area contributed by atoms with Gasteiger partial charge in [0.25, 0.3) is 5.91 Å². The number of carbonyl (C=O) groups is 2. The number of carboxylic acids is 1. The average Bonchev–Trinajstić information content (AvgIpc) is 2.74. The molecule has 9 heteroatoms. The first kappa shape index (κ1) is 25.7. The Morgan fingerprint density at radius 1 is 1.03 bits per heavy atom. The summed E-state index contributed by atoms with van der Waals surface area (Å²) in [6.45, 7) is 7.82. The van der Waals surface area contributed by atoms with Crippen molar-refractivity contribution in [2.75, 3.05) is 5.32 Å². The van der Waals surface area contributed by atoms with Crippen LogP contribution in [0.5, 0.6) is 0 Å². The van der Waals surface area contributed by atoms with Crippen LogP contribution in [0.3, 0.4) is 0 Å². The molecule has 33 heavy (non-hydrogen) atoms. The van der Waals surface area contributed by atoms with Crippen molar-refractivity contribution in [2.45, 2.75) is 39.4 Å². The number of hydrazine groups is 1. The van der Waals surface area contributed by atoms with Crippen LogP contribution in [0.1, 0.15) is 48.2 Å². The van der Waals surface area contributed by atoms with Crippen LogP contribution >= 0.6 is 0 Å². The highest BCUT2D eigenvalue weighted by atomic mass is 19.4. The van der Waals surface area contributed by atoms with E-state index < -0.39 is 23.6 Å². The van der Waals surface area contributed by atoms with E-state index in [1.165, 1.54) is 5.01 Å². The lowest BCUT2D eigenvalue weighted by atomic mass is 10.0. The second-order valence-corrected chi connectivity index (χ2v) is 7.59.